The fraction of sp³-hybridized carbons (Fsp3) is 0.167. The minimum Gasteiger partial charge on any atom is -0.382 e. The van der Waals surface area contributed by atoms with Crippen molar-refractivity contribution in [3.63, 3.8) is 0 Å². The highest BCUT2D eigenvalue weighted by atomic mass is 16.3. The molecular formula is C18H17NO. The number of para-hydroxylation sites is 1. The number of fused-ring (bicyclic) bond motifs is 1. The van der Waals surface area contributed by atoms with E-state index in [9.17, 15) is 5.11 Å². The molecule has 1 aromatic heterocycles. The lowest BCUT2D eigenvalue weighted by atomic mass is 9.98. The molecule has 0 radical (unpaired) electrons. The number of rotatable bonds is 2. The Hall–Kier alpha value is -2.19. The molecule has 0 aliphatic carbocycles. The maximum atomic E-state index is 10.6. The van der Waals surface area contributed by atoms with Gasteiger partial charge < -0.3 is 5.11 Å². The van der Waals surface area contributed by atoms with E-state index in [1.54, 1.807) is 0 Å². The van der Waals surface area contributed by atoms with Crippen molar-refractivity contribution < 1.29 is 5.11 Å². The molecule has 0 saturated heterocycles. The number of pyridine rings is 1. The van der Waals surface area contributed by atoms with Crippen molar-refractivity contribution in [2.45, 2.75) is 20.0 Å². The third-order valence-corrected chi connectivity index (χ3v) is 3.63. The molecule has 0 amide bonds. The van der Waals surface area contributed by atoms with E-state index in [4.69, 9.17) is 0 Å². The third kappa shape index (κ3) is 2.30. The second kappa shape index (κ2) is 5.06. The Morgan fingerprint density at radius 2 is 1.75 bits per heavy atom. The van der Waals surface area contributed by atoms with Gasteiger partial charge in [-0.25, -0.2) is 4.98 Å². The number of hydrogen-bond acceptors (Lipinski definition) is 2. The largest absolute Gasteiger partial charge is 0.382 e. The van der Waals surface area contributed by atoms with Crippen LogP contribution in [0.1, 0.15) is 28.5 Å². The second-order valence-corrected chi connectivity index (χ2v) is 5.19. The Bertz CT molecular complexity index is 764. The maximum absolute atomic E-state index is 10.6. The van der Waals surface area contributed by atoms with E-state index in [1.165, 1.54) is 0 Å². The molecule has 0 spiro atoms. The molecule has 2 heteroatoms. The van der Waals surface area contributed by atoms with Crippen LogP contribution >= 0.6 is 0 Å². The molecule has 100 valence electrons. The first kappa shape index (κ1) is 12.8. The molecule has 0 aliphatic rings. The van der Waals surface area contributed by atoms with Gasteiger partial charge in [0.05, 0.1) is 11.2 Å². The fourth-order valence-electron chi connectivity index (χ4n) is 2.45. The van der Waals surface area contributed by atoms with Gasteiger partial charge in [0, 0.05) is 5.39 Å². The van der Waals surface area contributed by atoms with Gasteiger partial charge in [-0.1, -0.05) is 48.0 Å². The van der Waals surface area contributed by atoms with Crippen molar-refractivity contribution in [2.75, 3.05) is 0 Å². The number of aliphatic hydroxyl groups is 1. The Kier molecular flexibility index (Phi) is 3.25. The van der Waals surface area contributed by atoms with Crippen molar-refractivity contribution in [1.29, 1.82) is 0 Å². The average molecular weight is 263 g/mol. The van der Waals surface area contributed by atoms with Gasteiger partial charge in [0.1, 0.15) is 6.10 Å². The van der Waals surface area contributed by atoms with Gasteiger partial charge in [0.2, 0.25) is 0 Å². The predicted molar refractivity (Wildman–Crippen MR) is 81.7 cm³/mol. The molecule has 0 aliphatic heterocycles. The Morgan fingerprint density at radius 1 is 0.950 bits per heavy atom. The van der Waals surface area contributed by atoms with Crippen LogP contribution in [0.2, 0.25) is 0 Å². The molecule has 2 aromatic carbocycles. The lowest BCUT2D eigenvalue weighted by Gasteiger charge is -2.14. The minimum absolute atomic E-state index is 0.681. The molecule has 0 saturated carbocycles. The van der Waals surface area contributed by atoms with Gasteiger partial charge in [-0.05, 0) is 37.1 Å². The summed E-state index contributed by atoms with van der Waals surface area (Å²) in [4.78, 5) is 4.57. The summed E-state index contributed by atoms with van der Waals surface area (Å²) in [7, 11) is 0. The SMILES string of the molecule is Cc1ccc(C)c(C(O)c2ccc3ccccc3n2)c1. The molecule has 3 rings (SSSR count). The van der Waals surface area contributed by atoms with E-state index in [-0.39, 0.29) is 0 Å². The number of aliphatic hydroxyl groups excluding tert-OH is 1. The van der Waals surface area contributed by atoms with Crippen molar-refractivity contribution in [2.24, 2.45) is 0 Å². The van der Waals surface area contributed by atoms with Crippen molar-refractivity contribution in [3.8, 4) is 0 Å². The van der Waals surface area contributed by atoms with Crippen molar-refractivity contribution >= 4 is 10.9 Å². The summed E-state index contributed by atoms with van der Waals surface area (Å²) in [5, 5.41) is 11.7. The second-order valence-electron chi connectivity index (χ2n) is 5.19. The average Bonchev–Trinajstić information content (AvgIpc) is 2.48. The van der Waals surface area contributed by atoms with Gasteiger partial charge in [-0.2, -0.15) is 0 Å². The van der Waals surface area contributed by atoms with Crippen LogP contribution < -0.4 is 0 Å². The highest BCUT2D eigenvalue weighted by Gasteiger charge is 2.14. The van der Waals surface area contributed by atoms with E-state index in [0.29, 0.717) is 5.69 Å². The summed E-state index contributed by atoms with van der Waals surface area (Å²) >= 11 is 0. The first-order chi connectivity index (χ1) is 9.65. The van der Waals surface area contributed by atoms with Crippen LogP contribution in [0.25, 0.3) is 10.9 Å². The van der Waals surface area contributed by atoms with Gasteiger partial charge in [0.25, 0.3) is 0 Å². The van der Waals surface area contributed by atoms with Gasteiger partial charge >= 0.3 is 0 Å². The minimum atomic E-state index is -0.681. The topological polar surface area (TPSA) is 33.1 Å². The molecule has 2 nitrogen and oxygen atoms in total. The molecule has 0 fully saturated rings. The van der Waals surface area contributed by atoms with Gasteiger partial charge in [-0.15, -0.1) is 0 Å². The molecule has 1 N–H and O–H groups in total. The molecule has 1 unspecified atom stereocenters. The summed E-state index contributed by atoms with van der Waals surface area (Å²) in [5.74, 6) is 0. The zero-order chi connectivity index (χ0) is 14.1. The zero-order valence-corrected chi connectivity index (χ0v) is 11.7. The Balaban J connectivity index is 2.07. The van der Waals surface area contributed by atoms with Crippen LogP contribution in [-0.4, -0.2) is 10.1 Å². The number of benzene rings is 2. The smallest absolute Gasteiger partial charge is 0.121 e. The zero-order valence-electron chi connectivity index (χ0n) is 11.7. The number of hydrogen-bond donors (Lipinski definition) is 1. The molecule has 1 atom stereocenters. The fourth-order valence-corrected chi connectivity index (χ4v) is 2.45. The van der Waals surface area contributed by atoms with Gasteiger partial charge in [0.15, 0.2) is 0 Å². The molecule has 1 heterocycles. The third-order valence-electron chi connectivity index (χ3n) is 3.63. The van der Waals surface area contributed by atoms with Crippen molar-refractivity contribution in [3.05, 3.63) is 77.0 Å². The lowest BCUT2D eigenvalue weighted by molar-refractivity contribution is 0.215. The van der Waals surface area contributed by atoms with Crippen LogP contribution in [0.5, 0.6) is 0 Å². The number of aromatic nitrogens is 1. The van der Waals surface area contributed by atoms with Crippen molar-refractivity contribution in [1.82, 2.24) is 4.98 Å². The Morgan fingerprint density at radius 3 is 2.60 bits per heavy atom. The summed E-state index contributed by atoms with van der Waals surface area (Å²) in [6.45, 7) is 4.04. The molecule has 3 aromatic rings. The summed E-state index contributed by atoms with van der Waals surface area (Å²) in [6, 6.07) is 18.0. The standard InChI is InChI=1S/C18H17NO/c1-12-7-8-13(2)15(11-12)18(20)17-10-9-14-5-3-4-6-16(14)19-17/h3-11,18,20H,1-2H3. The van der Waals surface area contributed by atoms with Gasteiger partial charge in [-0.3, -0.25) is 0 Å². The molecule has 0 bridgehead atoms. The highest BCUT2D eigenvalue weighted by Crippen LogP contribution is 2.25. The first-order valence-electron chi connectivity index (χ1n) is 6.76. The lowest BCUT2D eigenvalue weighted by Crippen LogP contribution is -2.04. The number of aryl methyl sites for hydroxylation is 2. The molecular weight excluding hydrogens is 246 g/mol. The quantitative estimate of drug-likeness (QED) is 0.760. The highest BCUT2D eigenvalue weighted by molar-refractivity contribution is 5.78. The van der Waals surface area contributed by atoms with E-state index in [1.807, 2.05) is 62.4 Å². The van der Waals surface area contributed by atoms with Crippen LogP contribution in [0.15, 0.2) is 54.6 Å². The van der Waals surface area contributed by atoms with Crippen LogP contribution in [-0.2, 0) is 0 Å². The van der Waals surface area contributed by atoms with Crippen LogP contribution in [0.4, 0.5) is 0 Å². The first-order valence-corrected chi connectivity index (χ1v) is 6.76. The van der Waals surface area contributed by atoms with E-state index in [2.05, 4.69) is 11.1 Å². The van der Waals surface area contributed by atoms with E-state index < -0.39 is 6.10 Å². The van der Waals surface area contributed by atoms with E-state index >= 15 is 0 Å². The van der Waals surface area contributed by atoms with Crippen LogP contribution in [0.3, 0.4) is 0 Å². The monoisotopic (exact) mass is 263 g/mol. The summed E-state index contributed by atoms with van der Waals surface area (Å²) in [5.41, 5.74) is 4.75. The van der Waals surface area contributed by atoms with E-state index in [0.717, 1.165) is 27.6 Å². The van der Waals surface area contributed by atoms with Crippen LogP contribution in [0, 0.1) is 13.8 Å². The summed E-state index contributed by atoms with van der Waals surface area (Å²) in [6.07, 6.45) is -0.681. The Labute approximate surface area is 118 Å². The summed E-state index contributed by atoms with van der Waals surface area (Å²) < 4.78 is 0. The maximum Gasteiger partial charge on any atom is 0.121 e. The normalized spacial score (nSPS) is 12.6. The molecule has 20 heavy (non-hydrogen) atoms. The number of nitrogens with zero attached hydrogens (tertiary/aromatic N) is 1. The predicted octanol–water partition coefficient (Wildman–Crippen LogP) is 3.93.